The minimum atomic E-state index is -3.64. The van der Waals surface area contributed by atoms with Crippen LogP contribution in [0.1, 0.15) is 30.9 Å². The van der Waals surface area contributed by atoms with E-state index in [1.54, 1.807) is 25.1 Å². The summed E-state index contributed by atoms with van der Waals surface area (Å²) in [5.74, 6) is -0.0455. The van der Waals surface area contributed by atoms with Gasteiger partial charge in [-0.1, -0.05) is 67.6 Å². The molecule has 0 bridgehead atoms. The minimum absolute atomic E-state index is 0.321. The van der Waals surface area contributed by atoms with Gasteiger partial charge in [0.25, 0.3) is 0 Å². The van der Waals surface area contributed by atoms with Gasteiger partial charge in [0.2, 0.25) is 21.1 Å². The van der Waals surface area contributed by atoms with E-state index in [4.69, 9.17) is 0 Å². The van der Waals surface area contributed by atoms with Crippen LogP contribution in [0.4, 0.5) is 10.8 Å². The molecule has 9 heteroatoms. The Kier molecular flexibility index (Phi) is 6.52. The minimum Gasteiger partial charge on any atom is -0.299 e. The third-order valence-electron chi connectivity index (χ3n) is 4.57. The van der Waals surface area contributed by atoms with Crippen LogP contribution in [0.15, 0.2) is 48.5 Å². The number of hydrogen-bond donors (Lipinski definition) is 1. The van der Waals surface area contributed by atoms with Gasteiger partial charge in [0, 0.05) is 5.56 Å². The number of aryl methyl sites for hydroxylation is 1. The summed E-state index contributed by atoms with van der Waals surface area (Å²) in [5.41, 5.74) is 3.38. The monoisotopic (exact) mass is 444 g/mol. The number of rotatable bonds is 7. The molecule has 0 atom stereocenters. The van der Waals surface area contributed by atoms with Crippen LogP contribution in [0, 0.1) is 6.92 Å². The van der Waals surface area contributed by atoms with Crippen LogP contribution in [-0.2, 0) is 14.8 Å². The average Bonchev–Trinajstić information content (AvgIpc) is 3.14. The van der Waals surface area contributed by atoms with Crippen molar-refractivity contribution in [1.29, 1.82) is 0 Å². The summed E-state index contributed by atoms with van der Waals surface area (Å²) in [4.78, 5) is 12.5. The summed E-state index contributed by atoms with van der Waals surface area (Å²) in [7, 11) is -3.64. The molecule has 158 valence electrons. The Morgan fingerprint density at radius 3 is 2.37 bits per heavy atom. The highest BCUT2D eigenvalue weighted by molar-refractivity contribution is 7.92. The van der Waals surface area contributed by atoms with Crippen molar-refractivity contribution < 1.29 is 13.2 Å². The summed E-state index contributed by atoms with van der Waals surface area (Å²) >= 11 is 1.24. The van der Waals surface area contributed by atoms with Crippen molar-refractivity contribution in [3.8, 4) is 10.6 Å². The molecule has 0 saturated carbocycles. The van der Waals surface area contributed by atoms with Crippen molar-refractivity contribution in [2.24, 2.45) is 0 Å². The largest absolute Gasteiger partial charge is 0.299 e. The van der Waals surface area contributed by atoms with E-state index in [9.17, 15) is 13.2 Å². The lowest BCUT2D eigenvalue weighted by molar-refractivity contribution is -0.114. The van der Waals surface area contributed by atoms with Gasteiger partial charge in [-0.2, -0.15) is 0 Å². The second-order valence-electron chi connectivity index (χ2n) is 7.29. The molecule has 1 N–H and O–H groups in total. The Balaban J connectivity index is 1.73. The third-order valence-corrected chi connectivity index (χ3v) is 6.58. The fourth-order valence-corrected chi connectivity index (χ4v) is 4.59. The van der Waals surface area contributed by atoms with E-state index < -0.39 is 15.9 Å². The second-order valence-corrected chi connectivity index (χ2v) is 10.2. The van der Waals surface area contributed by atoms with Crippen LogP contribution in [0.3, 0.4) is 0 Å². The number of anilines is 2. The fourth-order valence-electron chi connectivity index (χ4n) is 2.91. The Morgan fingerprint density at radius 1 is 1.10 bits per heavy atom. The summed E-state index contributed by atoms with van der Waals surface area (Å²) in [5, 5.41) is 11.8. The highest BCUT2D eigenvalue weighted by atomic mass is 32.2. The number of aromatic nitrogens is 2. The van der Waals surface area contributed by atoms with E-state index >= 15 is 0 Å². The Morgan fingerprint density at radius 2 is 1.77 bits per heavy atom. The van der Waals surface area contributed by atoms with E-state index in [0.717, 1.165) is 21.7 Å². The first kappa shape index (κ1) is 21.9. The first-order valence-electron chi connectivity index (χ1n) is 9.42. The van der Waals surface area contributed by atoms with Crippen LogP contribution < -0.4 is 9.62 Å². The van der Waals surface area contributed by atoms with Gasteiger partial charge in [-0.05, 0) is 30.0 Å². The zero-order valence-corrected chi connectivity index (χ0v) is 18.9. The lowest BCUT2D eigenvalue weighted by atomic mass is 10.0. The predicted octanol–water partition coefficient (Wildman–Crippen LogP) is 4.04. The highest BCUT2D eigenvalue weighted by Gasteiger charge is 2.23. The molecule has 0 spiro atoms. The van der Waals surface area contributed by atoms with Gasteiger partial charge in [-0.15, -0.1) is 10.2 Å². The average molecular weight is 445 g/mol. The standard InChI is InChI=1S/C21H24N4O3S2/c1-14(2)16-9-11-17(12-10-16)20-23-24-21(29-20)22-19(26)13-25(30(4,27)28)18-8-6-5-7-15(18)3/h5-12,14H,13H2,1-4H3,(H,22,24,26). The van der Waals surface area contributed by atoms with E-state index in [1.165, 1.54) is 16.9 Å². The SMILES string of the molecule is Cc1ccccc1N(CC(=O)Nc1nnc(-c2ccc(C(C)C)cc2)s1)S(C)(=O)=O. The van der Waals surface area contributed by atoms with Crippen molar-refractivity contribution in [3.63, 3.8) is 0 Å². The number of carbonyl (C=O) groups excluding carboxylic acids is 1. The molecule has 0 aliphatic rings. The van der Waals surface area contributed by atoms with Crippen LogP contribution in [0.5, 0.6) is 0 Å². The first-order valence-corrected chi connectivity index (χ1v) is 12.1. The predicted molar refractivity (Wildman–Crippen MR) is 121 cm³/mol. The number of nitrogens with zero attached hydrogens (tertiary/aromatic N) is 3. The normalized spacial score (nSPS) is 11.5. The maximum atomic E-state index is 12.5. The maximum Gasteiger partial charge on any atom is 0.246 e. The summed E-state index contributed by atoms with van der Waals surface area (Å²) in [6.45, 7) is 5.71. The van der Waals surface area contributed by atoms with Crippen LogP contribution in [0.2, 0.25) is 0 Å². The summed E-state index contributed by atoms with van der Waals surface area (Å²) in [6, 6.07) is 15.1. The molecule has 1 amide bonds. The number of hydrogen-bond acceptors (Lipinski definition) is 6. The number of benzene rings is 2. The molecule has 30 heavy (non-hydrogen) atoms. The smallest absolute Gasteiger partial charge is 0.246 e. The fraction of sp³-hybridized carbons (Fsp3) is 0.286. The quantitative estimate of drug-likeness (QED) is 0.594. The van der Waals surface area contributed by atoms with E-state index in [1.807, 2.05) is 30.3 Å². The number of nitrogens with one attached hydrogen (secondary N) is 1. The molecule has 0 aliphatic carbocycles. The zero-order chi connectivity index (χ0) is 21.9. The molecule has 0 radical (unpaired) electrons. The number of carbonyl (C=O) groups is 1. The van der Waals surface area contributed by atoms with Gasteiger partial charge in [-0.3, -0.25) is 14.4 Å². The Hall–Kier alpha value is -2.78. The second kappa shape index (κ2) is 8.93. The van der Waals surface area contributed by atoms with E-state index in [2.05, 4.69) is 29.4 Å². The first-order chi connectivity index (χ1) is 14.1. The molecule has 0 fully saturated rings. The molecule has 7 nitrogen and oxygen atoms in total. The molecule has 0 aliphatic heterocycles. The van der Waals surface area contributed by atoms with E-state index in [-0.39, 0.29) is 6.54 Å². The molecular formula is C21H24N4O3S2. The van der Waals surface area contributed by atoms with Gasteiger partial charge >= 0.3 is 0 Å². The van der Waals surface area contributed by atoms with Gasteiger partial charge in [-0.25, -0.2) is 8.42 Å². The zero-order valence-electron chi connectivity index (χ0n) is 17.3. The number of amides is 1. The molecule has 0 saturated heterocycles. The molecule has 3 rings (SSSR count). The Labute approximate surface area is 180 Å². The number of sulfonamides is 1. The Bertz CT molecular complexity index is 1140. The van der Waals surface area contributed by atoms with Gasteiger partial charge < -0.3 is 0 Å². The van der Waals surface area contributed by atoms with Crippen molar-refractivity contribution in [3.05, 3.63) is 59.7 Å². The molecule has 0 unspecified atom stereocenters. The highest BCUT2D eigenvalue weighted by Crippen LogP contribution is 2.28. The molecule has 1 aromatic heterocycles. The molecule has 2 aromatic carbocycles. The lowest BCUT2D eigenvalue weighted by Crippen LogP contribution is -2.37. The van der Waals surface area contributed by atoms with Crippen molar-refractivity contribution in [2.75, 3.05) is 22.4 Å². The van der Waals surface area contributed by atoms with E-state index in [0.29, 0.717) is 21.7 Å². The summed E-state index contributed by atoms with van der Waals surface area (Å²) in [6.07, 6.45) is 1.08. The third kappa shape index (κ3) is 5.22. The topological polar surface area (TPSA) is 92.3 Å². The molecular weight excluding hydrogens is 420 g/mol. The van der Waals surface area contributed by atoms with Crippen molar-refractivity contribution >= 4 is 38.1 Å². The van der Waals surface area contributed by atoms with Crippen molar-refractivity contribution in [1.82, 2.24) is 10.2 Å². The summed E-state index contributed by atoms with van der Waals surface area (Å²) < 4.78 is 25.6. The number of para-hydroxylation sites is 1. The van der Waals surface area contributed by atoms with Gasteiger partial charge in [0.05, 0.1) is 11.9 Å². The van der Waals surface area contributed by atoms with Crippen molar-refractivity contribution in [2.45, 2.75) is 26.7 Å². The molecule has 3 aromatic rings. The van der Waals surface area contributed by atoms with Gasteiger partial charge in [0.1, 0.15) is 11.6 Å². The van der Waals surface area contributed by atoms with Gasteiger partial charge in [0.15, 0.2) is 0 Å². The lowest BCUT2D eigenvalue weighted by Gasteiger charge is -2.23. The molecule has 1 heterocycles. The van der Waals surface area contributed by atoms with Crippen LogP contribution in [0.25, 0.3) is 10.6 Å². The van der Waals surface area contributed by atoms with Crippen LogP contribution >= 0.6 is 11.3 Å². The maximum absolute atomic E-state index is 12.5. The van der Waals surface area contributed by atoms with Crippen LogP contribution in [-0.4, -0.2) is 37.3 Å².